The summed E-state index contributed by atoms with van der Waals surface area (Å²) < 4.78 is 25.7. The van der Waals surface area contributed by atoms with E-state index in [9.17, 15) is 8.78 Å². The standard InChI is InChI=1S/C10H6BrF2N/c11-5-7-2-1-6-3-8(12)9(13)4-10(6)14-7/h1-4H,5H2. The van der Waals surface area contributed by atoms with Crippen molar-refractivity contribution in [2.75, 3.05) is 0 Å². The quantitative estimate of drug-likeness (QED) is 0.714. The lowest BCUT2D eigenvalue weighted by Crippen LogP contribution is -1.89. The van der Waals surface area contributed by atoms with Gasteiger partial charge in [0, 0.05) is 16.8 Å². The molecule has 14 heavy (non-hydrogen) atoms. The average Bonchev–Trinajstić information content (AvgIpc) is 2.19. The summed E-state index contributed by atoms with van der Waals surface area (Å²) in [6, 6.07) is 5.75. The Balaban J connectivity index is 2.70. The molecule has 4 heteroatoms. The minimum Gasteiger partial charge on any atom is -0.252 e. The number of aromatic nitrogens is 1. The first-order valence-corrected chi connectivity index (χ1v) is 5.13. The smallest absolute Gasteiger partial charge is 0.161 e. The molecule has 0 aliphatic rings. The number of benzene rings is 1. The number of nitrogens with zero attached hydrogens (tertiary/aromatic N) is 1. The summed E-state index contributed by atoms with van der Waals surface area (Å²) in [4.78, 5) is 4.14. The predicted molar refractivity (Wildman–Crippen MR) is 54.3 cm³/mol. The lowest BCUT2D eigenvalue weighted by molar-refractivity contribution is 0.510. The summed E-state index contributed by atoms with van der Waals surface area (Å²) in [5.41, 5.74) is 1.27. The second-order valence-electron chi connectivity index (χ2n) is 2.90. The van der Waals surface area contributed by atoms with Crippen LogP contribution in [0.5, 0.6) is 0 Å². The third kappa shape index (κ3) is 1.62. The molecule has 2 rings (SSSR count). The van der Waals surface area contributed by atoms with Gasteiger partial charge in [-0.05, 0) is 12.1 Å². The number of rotatable bonds is 1. The Labute approximate surface area is 87.9 Å². The van der Waals surface area contributed by atoms with Gasteiger partial charge in [0.15, 0.2) is 11.6 Å². The molecule has 0 amide bonds. The Morgan fingerprint density at radius 2 is 1.86 bits per heavy atom. The van der Waals surface area contributed by atoms with Crippen molar-refractivity contribution in [2.45, 2.75) is 5.33 Å². The molecule has 0 bridgehead atoms. The first kappa shape index (κ1) is 9.52. The highest BCUT2D eigenvalue weighted by molar-refractivity contribution is 9.08. The largest absolute Gasteiger partial charge is 0.252 e. The van der Waals surface area contributed by atoms with Gasteiger partial charge >= 0.3 is 0 Å². The molecule has 0 saturated carbocycles. The van der Waals surface area contributed by atoms with Crippen molar-refractivity contribution in [2.24, 2.45) is 0 Å². The fraction of sp³-hybridized carbons (Fsp3) is 0.100. The van der Waals surface area contributed by atoms with Crippen LogP contribution in [0, 0.1) is 11.6 Å². The Morgan fingerprint density at radius 1 is 1.14 bits per heavy atom. The molecule has 1 aromatic heterocycles. The van der Waals surface area contributed by atoms with Gasteiger partial charge in [-0.3, -0.25) is 4.98 Å². The van der Waals surface area contributed by atoms with E-state index in [2.05, 4.69) is 20.9 Å². The number of hydrogen-bond donors (Lipinski definition) is 0. The molecule has 0 spiro atoms. The highest BCUT2D eigenvalue weighted by Crippen LogP contribution is 2.17. The van der Waals surface area contributed by atoms with Crippen molar-refractivity contribution < 1.29 is 8.78 Å². The maximum atomic E-state index is 12.9. The van der Waals surface area contributed by atoms with Crippen LogP contribution in [0.1, 0.15) is 5.69 Å². The molecule has 0 aliphatic carbocycles. The number of fused-ring (bicyclic) bond motifs is 1. The summed E-state index contributed by atoms with van der Waals surface area (Å²) in [6.07, 6.45) is 0. The lowest BCUT2D eigenvalue weighted by Gasteiger charge is -2.00. The van der Waals surface area contributed by atoms with Crippen LogP contribution in [-0.2, 0) is 5.33 Å². The Hall–Kier alpha value is -1.03. The van der Waals surface area contributed by atoms with Gasteiger partial charge in [0.1, 0.15) is 0 Å². The molecule has 1 aromatic carbocycles. The van der Waals surface area contributed by atoms with Crippen molar-refractivity contribution in [1.82, 2.24) is 4.98 Å². The van der Waals surface area contributed by atoms with Gasteiger partial charge in [-0.15, -0.1) is 0 Å². The van der Waals surface area contributed by atoms with E-state index in [0.717, 1.165) is 17.8 Å². The van der Waals surface area contributed by atoms with Crippen molar-refractivity contribution in [3.63, 3.8) is 0 Å². The van der Waals surface area contributed by atoms with E-state index in [-0.39, 0.29) is 0 Å². The van der Waals surface area contributed by atoms with Crippen LogP contribution >= 0.6 is 15.9 Å². The second kappa shape index (κ2) is 3.61. The van der Waals surface area contributed by atoms with Crippen LogP contribution in [0.15, 0.2) is 24.3 Å². The van der Waals surface area contributed by atoms with Crippen molar-refractivity contribution >= 4 is 26.8 Å². The third-order valence-corrected chi connectivity index (χ3v) is 2.50. The molecule has 0 aliphatic heterocycles. The Bertz CT molecular complexity index is 485. The summed E-state index contributed by atoms with van der Waals surface area (Å²) >= 11 is 3.25. The lowest BCUT2D eigenvalue weighted by atomic mass is 10.2. The van der Waals surface area contributed by atoms with E-state index in [1.165, 1.54) is 0 Å². The molecule has 2 aromatic rings. The predicted octanol–water partition coefficient (Wildman–Crippen LogP) is 3.41. The number of alkyl halides is 1. The zero-order valence-corrected chi connectivity index (χ0v) is 8.68. The molecule has 0 radical (unpaired) electrons. The van der Waals surface area contributed by atoms with Gasteiger partial charge in [0.25, 0.3) is 0 Å². The molecule has 1 heterocycles. The van der Waals surface area contributed by atoms with E-state index in [1.807, 2.05) is 0 Å². The molecular formula is C10H6BrF2N. The highest BCUT2D eigenvalue weighted by Gasteiger charge is 2.05. The maximum Gasteiger partial charge on any atom is 0.161 e. The van der Waals surface area contributed by atoms with E-state index >= 15 is 0 Å². The van der Waals surface area contributed by atoms with Gasteiger partial charge in [-0.25, -0.2) is 8.78 Å². The summed E-state index contributed by atoms with van der Waals surface area (Å²) in [7, 11) is 0. The van der Waals surface area contributed by atoms with Crippen LogP contribution in [-0.4, -0.2) is 4.98 Å². The van der Waals surface area contributed by atoms with Gasteiger partial charge in [0.05, 0.1) is 11.2 Å². The third-order valence-electron chi connectivity index (χ3n) is 1.93. The molecule has 0 unspecified atom stereocenters. The summed E-state index contributed by atoms with van der Waals surface area (Å²) in [6.45, 7) is 0. The molecular weight excluding hydrogens is 252 g/mol. The van der Waals surface area contributed by atoms with Gasteiger partial charge in [-0.2, -0.15) is 0 Å². The minimum absolute atomic E-state index is 0.473. The first-order chi connectivity index (χ1) is 6.70. The first-order valence-electron chi connectivity index (χ1n) is 4.01. The van der Waals surface area contributed by atoms with Crippen LogP contribution in [0.3, 0.4) is 0 Å². The molecule has 1 nitrogen and oxygen atoms in total. The molecule has 0 saturated heterocycles. The fourth-order valence-corrected chi connectivity index (χ4v) is 1.55. The SMILES string of the molecule is Fc1cc2ccc(CBr)nc2cc1F. The Kier molecular flexibility index (Phi) is 2.46. The Morgan fingerprint density at radius 3 is 2.57 bits per heavy atom. The van der Waals surface area contributed by atoms with Gasteiger partial charge < -0.3 is 0 Å². The number of halogens is 3. The van der Waals surface area contributed by atoms with Crippen molar-refractivity contribution in [3.8, 4) is 0 Å². The molecule has 0 fully saturated rings. The molecule has 0 N–H and O–H groups in total. The van der Waals surface area contributed by atoms with Crippen LogP contribution in [0.2, 0.25) is 0 Å². The topological polar surface area (TPSA) is 12.9 Å². The van der Waals surface area contributed by atoms with Gasteiger partial charge in [0.2, 0.25) is 0 Å². The van der Waals surface area contributed by atoms with E-state index < -0.39 is 11.6 Å². The monoisotopic (exact) mass is 257 g/mol. The summed E-state index contributed by atoms with van der Waals surface area (Å²) in [5.74, 6) is -1.71. The zero-order valence-electron chi connectivity index (χ0n) is 7.10. The highest BCUT2D eigenvalue weighted by atomic mass is 79.9. The molecule has 0 atom stereocenters. The van der Waals surface area contributed by atoms with Crippen molar-refractivity contribution in [1.29, 1.82) is 0 Å². The minimum atomic E-state index is -0.864. The number of hydrogen-bond acceptors (Lipinski definition) is 1. The van der Waals surface area contributed by atoms with Crippen LogP contribution in [0.4, 0.5) is 8.78 Å². The van der Waals surface area contributed by atoms with E-state index in [1.54, 1.807) is 12.1 Å². The number of pyridine rings is 1. The second-order valence-corrected chi connectivity index (χ2v) is 3.46. The fourth-order valence-electron chi connectivity index (χ4n) is 1.23. The molecule has 72 valence electrons. The normalized spacial score (nSPS) is 10.8. The van der Waals surface area contributed by atoms with E-state index in [0.29, 0.717) is 16.2 Å². The van der Waals surface area contributed by atoms with Crippen LogP contribution < -0.4 is 0 Å². The zero-order chi connectivity index (χ0) is 10.1. The van der Waals surface area contributed by atoms with E-state index in [4.69, 9.17) is 0 Å². The summed E-state index contributed by atoms with van der Waals surface area (Å²) in [5, 5.41) is 1.20. The average molecular weight is 258 g/mol. The van der Waals surface area contributed by atoms with Crippen LogP contribution in [0.25, 0.3) is 10.9 Å². The van der Waals surface area contributed by atoms with Gasteiger partial charge in [-0.1, -0.05) is 22.0 Å². The van der Waals surface area contributed by atoms with Crippen molar-refractivity contribution in [3.05, 3.63) is 41.6 Å². The maximum absolute atomic E-state index is 12.9.